The van der Waals surface area contributed by atoms with Crippen LogP contribution in [0.25, 0.3) is 0 Å². The van der Waals surface area contributed by atoms with Gasteiger partial charge in [0.1, 0.15) is 0 Å². The van der Waals surface area contributed by atoms with Gasteiger partial charge in [0, 0.05) is 27.1 Å². The van der Waals surface area contributed by atoms with Gasteiger partial charge in [-0.2, -0.15) is 0 Å². The van der Waals surface area contributed by atoms with Crippen molar-refractivity contribution in [2.45, 2.75) is 0 Å². The summed E-state index contributed by atoms with van der Waals surface area (Å²) in [5.74, 6) is 0. The Morgan fingerprint density at radius 3 is 1.60 bits per heavy atom. The number of rotatable bonds is 0. The molecule has 0 amide bonds. The van der Waals surface area contributed by atoms with Crippen molar-refractivity contribution in [3.63, 3.8) is 0 Å². The minimum atomic E-state index is 0. The third-order valence-electron chi connectivity index (χ3n) is 0. The first-order chi connectivity index (χ1) is 1.41. The second kappa shape index (κ2) is 22.2. The summed E-state index contributed by atoms with van der Waals surface area (Å²) in [6.45, 7) is 0. The molecular formula is H2LiNO2Ti. The summed E-state index contributed by atoms with van der Waals surface area (Å²) in [7, 11) is 0. The molecule has 0 saturated carbocycles. The molecule has 0 spiro atoms. The first kappa shape index (κ1) is 17.2. The Kier molecular flexibility index (Phi) is 76.4. The predicted molar refractivity (Wildman–Crippen MR) is 14.8 cm³/mol. The molecule has 5 heteroatoms. The Morgan fingerprint density at radius 1 is 1.60 bits per heavy atom. The van der Waals surface area contributed by atoms with Gasteiger partial charge in [0.05, 0.1) is 0 Å². The first-order valence-electron chi connectivity index (χ1n) is 0.408. The van der Waals surface area contributed by atoms with E-state index in [1.807, 2.05) is 0 Å². The van der Waals surface area contributed by atoms with Crippen LogP contribution in [0.1, 0.15) is 0 Å². The minimum Gasteiger partial charge on any atom is 0 e. The Hall–Kier alpha value is 0.712. The maximum Gasteiger partial charge on any atom is 0 e. The molecule has 0 fully saturated rings. The molecule has 0 aromatic rings. The van der Waals surface area contributed by atoms with Gasteiger partial charge in [-0.3, -0.25) is 10.1 Å². The van der Waals surface area contributed by atoms with E-state index in [-0.39, 0.29) is 45.9 Å². The van der Waals surface area contributed by atoms with E-state index in [0.29, 0.717) is 0 Å². The van der Waals surface area contributed by atoms with Crippen molar-refractivity contribution in [1.82, 2.24) is 0 Å². The van der Waals surface area contributed by atoms with Gasteiger partial charge in [-0.05, 0) is 0 Å². The molecule has 0 aliphatic heterocycles. The van der Waals surface area contributed by atoms with E-state index in [0.717, 1.165) is 0 Å². The summed E-state index contributed by atoms with van der Waals surface area (Å²) in [4.78, 5) is 8.12. The van der Waals surface area contributed by atoms with Crippen molar-refractivity contribution in [2.24, 2.45) is 0 Å². The molecule has 24 valence electrons. The molecule has 0 atom stereocenters. The predicted octanol–water partition coefficient (Wildman–Crippen LogP) is -2.32. The second-order valence-electron chi connectivity index (χ2n) is 0.0833. The number of hydrogen-bond donors (Lipinski definition) is 1. The zero-order valence-corrected chi connectivity index (χ0v) is 3.38. The Morgan fingerprint density at radius 2 is 1.60 bits per heavy atom. The van der Waals surface area contributed by atoms with Crippen LogP contribution >= 0.6 is 0 Å². The Labute approximate surface area is 56.1 Å². The molecule has 0 aliphatic rings. The van der Waals surface area contributed by atoms with E-state index >= 15 is 0 Å². The van der Waals surface area contributed by atoms with Crippen LogP contribution in [0.2, 0.25) is 0 Å². The molecule has 1 N–H and O–H groups in total. The largest absolute Gasteiger partial charge is 0 e. The molecular weight excluding hydrogens is 101 g/mol. The third-order valence-corrected chi connectivity index (χ3v) is 0. The molecule has 5 heavy (non-hydrogen) atoms. The number of hydrogen-bond acceptors (Lipinski definition) is 2. The van der Waals surface area contributed by atoms with Crippen molar-refractivity contribution in [1.29, 1.82) is 0 Å². The molecule has 0 saturated heterocycles. The molecule has 0 rings (SSSR count). The van der Waals surface area contributed by atoms with Gasteiger partial charge in [0.2, 0.25) is 0 Å². The summed E-state index contributed by atoms with van der Waals surface area (Å²) in [6.07, 6.45) is 0. The number of nitrogens with one attached hydrogen (secondary N) is 1. The van der Waals surface area contributed by atoms with Crippen LogP contribution in [0.4, 0.5) is 0 Å². The summed E-state index contributed by atoms with van der Waals surface area (Å²) in [5, 5.41) is 8.38. The smallest absolute Gasteiger partial charge is 0 e. The van der Waals surface area contributed by atoms with Gasteiger partial charge in [-0.1, -0.05) is 0 Å². The maximum atomic E-state index is 8.12. The van der Waals surface area contributed by atoms with E-state index in [4.69, 9.17) is 10.1 Å². The maximum absolute atomic E-state index is 8.12. The fourth-order valence-electron chi connectivity index (χ4n) is 0. The molecule has 3 nitrogen and oxygen atoms in total. The average Bonchev–Trinajstić information content (AvgIpc) is 0.918. The van der Waals surface area contributed by atoms with Crippen molar-refractivity contribution >= 4 is 18.9 Å². The molecule has 0 aliphatic carbocycles. The van der Waals surface area contributed by atoms with E-state index in [2.05, 4.69) is 0 Å². The van der Waals surface area contributed by atoms with Gasteiger partial charge in [-0.25, -0.2) is 0 Å². The van der Waals surface area contributed by atoms with Crippen molar-refractivity contribution < 1.29 is 27.1 Å². The van der Waals surface area contributed by atoms with Crippen molar-refractivity contribution in [3.8, 4) is 0 Å². The molecule has 0 aromatic carbocycles. The van der Waals surface area contributed by atoms with Crippen LogP contribution < -0.4 is 5.34 Å². The summed E-state index contributed by atoms with van der Waals surface area (Å²) >= 11 is 0. The minimum absolute atomic E-state index is 0. The van der Waals surface area contributed by atoms with Crippen LogP contribution in [0.3, 0.4) is 0 Å². The van der Waals surface area contributed by atoms with Crippen LogP contribution in [0.5, 0.6) is 0 Å². The fourth-order valence-corrected chi connectivity index (χ4v) is 0. The topological polar surface area (TPSA) is 54.1 Å². The quantitative estimate of drug-likeness (QED) is 0.212. The van der Waals surface area contributed by atoms with E-state index in [1.165, 1.54) is 0 Å². The van der Waals surface area contributed by atoms with Crippen LogP contribution in [-0.2, 0) is 21.7 Å². The van der Waals surface area contributed by atoms with Crippen LogP contribution in [0.15, 0.2) is 0 Å². The normalized spacial score (nSPS) is 2.40. The fraction of sp³-hybridized carbons (Fsp3) is 0. The van der Waals surface area contributed by atoms with Crippen LogP contribution in [0, 0.1) is 10.1 Å². The molecule has 0 heterocycles. The summed E-state index contributed by atoms with van der Waals surface area (Å²) in [5.41, 5.74) is 0. The second-order valence-corrected chi connectivity index (χ2v) is 0.0833. The first-order valence-corrected chi connectivity index (χ1v) is 0.408. The Balaban J connectivity index is -0.0000000200. The van der Waals surface area contributed by atoms with Gasteiger partial charge in [0.15, 0.2) is 0 Å². The van der Waals surface area contributed by atoms with E-state index in [9.17, 15) is 0 Å². The van der Waals surface area contributed by atoms with Gasteiger partial charge >= 0.3 is 18.9 Å². The molecule has 0 bridgehead atoms. The third kappa shape index (κ3) is 68.4. The zero-order chi connectivity index (χ0) is 2.71. The average molecular weight is 103 g/mol. The molecule has 0 aromatic heterocycles. The van der Waals surface area contributed by atoms with Gasteiger partial charge in [-0.15, -0.1) is 0 Å². The molecule has 0 unspecified atom stereocenters. The monoisotopic (exact) mass is 103 g/mol. The summed E-state index contributed by atoms with van der Waals surface area (Å²) in [6, 6.07) is 0. The van der Waals surface area contributed by atoms with E-state index < -0.39 is 0 Å². The Bertz CT molecular complexity index is 17.1. The van der Waals surface area contributed by atoms with Crippen LogP contribution in [-0.4, -0.2) is 18.9 Å². The van der Waals surface area contributed by atoms with Crippen molar-refractivity contribution in [3.05, 3.63) is 10.1 Å². The van der Waals surface area contributed by atoms with Crippen molar-refractivity contribution in [2.75, 3.05) is 0 Å². The SMILES string of the molecule is O=[NH+][O-].[LiH].[Ti]. The van der Waals surface area contributed by atoms with E-state index in [1.54, 1.807) is 0 Å². The van der Waals surface area contributed by atoms with Gasteiger partial charge in [0.25, 0.3) is 0 Å². The zero-order valence-electron chi connectivity index (χ0n) is 1.82. The summed E-state index contributed by atoms with van der Waals surface area (Å²) < 4.78 is 0. The standard InChI is InChI=1S/Li.HNO2.Ti.H/c;2-1-3;;/h;1H;;. The molecule has 0 radical (unpaired) electrons. The van der Waals surface area contributed by atoms with Gasteiger partial charge < -0.3 is 0 Å².